The lowest BCUT2D eigenvalue weighted by atomic mass is 10.1. The van der Waals surface area contributed by atoms with Gasteiger partial charge in [-0.25, -0.2) is 0 Å². The average molecular weight is 327 g/mol. The Morgan fingerprint density at radius 3 is 2.25 bits per heavy atom. The Hall–Kier alpha value is -3.22. The second-order valence-corrected chi connectivity index (χ2v) is 5.24. The minimum atomic E-state index is -0.736. The molecule has 124 valence electrons. The normalized spacial score (nSPS) is 11.4. The van der Waals surface area contributed by atoms with E-state index < -0.39 is 11.0 Å². The molecule has 7 heteroatoms. The van der Waals surface area contributed by atoms with E-state index in [2.05, 4.69) is 10.6 Å². The number of carbonyl (C=O) groups excluding carboxylic acids is 2. The van der Waals surface area contributed by atoms with Gasteiger partial charge in [0.2, 0.25) is 11.8 Å². The summed E-state index contributed by atoms with van der Waals surface area (Å²) in [5, 5.41) is 15.9. The van der Waals surface area contributed by atoms with Gasteiger partial charge in [-0.1, -0.05) is 30.3 Å². The minimum Gasteiger partial charge on any atom is -0.344 e. The van der Waals surface area contributed by atoms with Gasteiger partial charge in [0.25, 0.3) is 5.69 Å². The Morgan fingerprint density at radius 2 is 1.71 bits per heavy atom. The monoisotopic (exact) mass is 327 g/mol. The van der Waals surface area contributed by atoms with Gasteiger partial charge in [0.05, 0.1) is 4.92 Å². The van der Waals surface area contributed by atoms with Crippen molar-refractivity contribution >= 4 is 23.2 Å². The molecule has 0 fully saturated rings. The first-order valence-corrected chi connectivity index (χ1v) is 7.32. The fourth-order valence-electron chi connectivity index (χ4n) is 2.20. The summed E-state index contributed by atoms with van der Waals surface area (Å²) in [5.74, 6) is -0.697. The van der Waals surface area contributed by atoms with Crippen LogP contribution in [0.3, 0.4) is 0 Å². The van der Waals surface area contributed by atoms with Gasteiger partial charge in [0.1, 0.15) is 6.04 Å². The number of nitrogens with one attached hydrogen (secondary N) is 2. The number of anilines is 1. The van der Waals surface area contributed by atoms with Crippen molar-refractivity contribution < 1.29 is 14.5 Å². The van der Waals surface area contributed by atoms with Crippen LogP contribution in [0.2, 0.25) is 0 Å². The number of carbonyl (C=O) groups is 2. The fraction of sp³-hybridized carbons (Fsp3) is 0.176. The third-order valence-corrected chi connectivity index (χ3v) is 3.32. The van der Waals surface area contributed by atoms with Gasteiger partial charge in [0, 0.05) is 31.2 Å². The maximum absolute atomic E-state index is 12.4. The highest BCUT2D eigenvalue weighted by Gasteiger charge is 2.20. The van der Waals surface area contributed by atoms with Gasteiger partial charge in [-0.3, -0.25) is 19.7 Å². The molecule has 0 heterocycles. The van der Waals surface area contributed by atoms with Crippen LogP contribution in [0.15, 0.2) is 54.6 Å². The fourth-order valence-corrected chi connectivity index (χ4v) is 2.20. The summed E-state index contributed by atoms with van der Waals surface area (Å²) in [7, 11) is 0. The second-order valence-electron chi connectivity index (χ2n) is 5.24. The number of amides is 2. The van der Waals surface area contributed by atoms with Crippen LogP contribution in [0, 0.1) is 10.1 Å². The molecule has 1 atom stereocenters. The third-order valence-electron chi connectivity index (χ3n) is 3.32. The lowest BCUT2D eigenvalue weighted by Gasteiger charge is -2.17. The molecule has 0 bridgehead atoms. The molecule has 2 N–H and O–H groups in total. The SMILES string of the molecule is CC(=O)NC(Cc1ccccc1)C(=O)Nc1ccc([N+](=O)[O-])cc1. The van der Waals surface area contributed by atoms with Gasteiger partial charge >= 0.3 is 0 Å². The van der Waals surface area contributed by atoms with Gasteiger partial charge in [-0.15, -0.1) is 0 Å². The zero-order valence-corrected chi connectivity index (χ0v) is 13.1. The molecule has 2 amide bonds. The Labute approximate surface area is 138 Å². The van der Waals surface area contributed by atoms with Crippen LogP contribution in [0.4, 0.5) is 11.4 Å². The molecular formula is C17H17N3O4. The molecule has 24 heavy (non-hydrogen) atoms. The molecule has 0 saturated heterocycles. The number of hydrogen-bond donors (Lipinski definition) is 2. The Balaban J connectivity index is 2.09. The highest BCUT2D eigenvalue weighted by atomic mass is 16.6. The first-order valence-electron chi connectivity index (χ1n) is 7.32. The van der Waals surface area contributed by atoms with E-state index in [9.17, 15) is 19.7 Å². The average Bonchev–Trinajstić information content (AvgIpc) is 2.55. The molecule has 0 aromatic heterocycles. The van der Waals surface area contributed by atoms with Gasteiger partial charge in [0.15, 0.2) is 0 Å². The van der Waals surface area contributed by atoms with E-state index in [0.29, 0.717) is 12.1 Å². The van der Waals surface area contributed by atoms with Crippen molar-refractivity contribution in [3.8, 4) is 0 Å². The number of hydrogen-bond acceptors (Lipinski definition) is 4. The van der Waals surface area contributed by atoms with E-state index in [4.69, 9.17) is 0 Å². The van der Waals surface area contributed by atoms with E-state index >= 15 is 0 Å². The summed E-state index contributed by atoms with van der Waals surface area (Å²) in [5.41, 5.74) is 1.28. The van der Waals surface area contributed by atoms with Crippen LogP contribution in [-0.4, -0.2) is 22.8 Å². The molecule has 0 aliphatic heterocycles. The Morgan fingerprint density at radius 1 is 1.08 bits per heavy atom. The summed E-state index contributed by atoms with van der Waals surface area (Å²) in [6.45, 7) is 1.34. The number of non-ortho nitro benzene ring substituents is 1. The number of nitro groups is 1. The van der Waals surface area contributed by atoms with Crippen molar-refractivity contribution in [2.24, 2.45) is 0 Å². The maximum atomic E-state index is 12.4. The number of benzene rings is 2. The molecule has 1 unspecified atom stereocenters. The van der Waals surface area contributed by atoms with Crippen LogP contribution in [-0.2, 0) is 16.0 Å². The molecule has 0 radical (unpaired) electrons. The standard InChI is InChI=1S/C17H17N3O4/c1-12(21)18-16(11-13-5-3-2-4-6-13)17(22)19-14-7-9-15(10-8-14)20(23)24/h2-10,16H,11H2,1H3,(H,18,21)(H,19,22). The van der Waals surface area contributed by atoms with Crippen LogP contribution < -0.4 is 10.6 Å². The zero-order valence-electron chi connectivity index (χ0n) is 13.1. The minimum absolute atomic E-state index is 0.0595. The van der Waals surface area contributed by atoms with Crippen molar-refractivity contribution in [3.63, 3.8) is 0 Å². The summed E-state index contributed by atoms with van der Waals surface area (Å²) >= 11 is 0. The van der Waals surface area contributed by atoms with Crippen LogP contribution in [0.5, 0.6) is 0 Å². The topological polar surface area (TPSA) is 101 Å². The van der Waals surface area contributed by atoms with Crippen LogP contribution in [0.1, 0.15) is 12.5 Å². The Kier molecular flexibility index (Phi) is 5.62. The second kappa shape index (κ2) is 7.87. The molecular weight excluding hydrogens is 310 g/mol. The van der Waals surface area contributed by atoms with Gasteiger partial charge < -0.3 is 10.6 Å². The predicted molar refractivity (Wildman–Crippen MR) is 89.5 cm³/mol. The van der Waals surface area contributed by atoms with E-state index in [1.165, 1.54) is 31.2 Å². The van der Waals surface area contributed by atoms with Crippen LogP contribution in [0.25, 0.3) is 0 Å². The molecule has 0 aliphatic rings. The lowest BCUT2D eigenvalue weighted by molar-refractivity contribution is -0.384. The highest BCUT2D eigenvalue weighted by molar-refractivity contribution is 5.97. The van der Waals surface area contributed by atoms with Gasteiger partial charge in [-0.2, -0.15) is 0 Å². The molecule has 2 aromatic rings. The summed E-state index contributed by atoms with van der Waals surface area (Å²) < 4.78 is 0. The molecule has 2 rings (SSSR count). The number of nitrogens with zero attached hydrogens (tertiary/aromatic N) is 1. The lowest BCUT2D eigenvalue weighted by Crippen LogP contribution is -2.44. The zero-order chi connectivity index (χ0) is 17.5. The van der Waals surface area contributed by atoms with Crippen molar-refractivity contribution in [2.75, 3.05) is 5.32 Å². The summed E-state index contributed by atoms with van der Waals surface area (Å²) in [4.78, 5) is 33.9. The predicted octanol–water partition coefficient (Wildman–Crippen LogP) is 2.28. The molecule has 7 nitrogen and oxygen atoms in total. The largest absolute Gasteiger partial charge is 0.344 e. The van der Waals surface area contributed by atoms with E-state index in [0.717, 1.165) is 5.56 Å². The maximum Gasteiger partial charge on any atom is 0.269 e. The molecule has 0 saturated carbocycles. The van der Waals surface area contributed by atoms with Crippen molar-refractivity contribution in [2.45, 2.75) is 19.4 Å². The number of rotatable bonds is 6. The van der Waals surface area contributed by atoms with Crippen molar-refractivity contribution in [1.82, 2.24) is 5.32 Å². The smallest absolute Gasteiger partial charge is 0.269 e. The van der Waals surface area contributed by atoms with Crippen LogP contribution >= 0.6 is 0 Å². The van der Waals surface area contributed by atoms with Crippen molar-refractivity contribution in [1.29, 1.82) is 0 Å². The summed E-state index contributed by atoms with van der Waals surface area (Å²) in [6, 6.07) is 14.1. The van der Waals surface area contributed by atoms with E-state index in [-0.39, 0.29) is 17.5 Å². The van der Waals surface area contributed by atoms with E-state index in [1.807, 2.05) is 30.3 Å². The quantitative estimate of drug-likeness (QED) is 0.627. The van der Waals surface area contributed by atoms with Gasteiger partial charge in [-0.05, 0) is 17.7 Å². The highest BCUT2D eigenvalue weighted by Crippen LogP contribution is 2.16. The third kappa shape index (κ3) is 4.91. The molecule has 0 aliphatic carbocycles. The van der Waals surface area contributed by atoms with Crippen molar-refractivity contribution in [3.05, 3.63) is 70.3 Å². The first-order chi connectivity index (χ1) is 11.5. The molecule has 0 spiro atoms. The van der Waals surface area contributed by atoms with E-state index in [1.54, 1.807) is 0 Å². The Bertz CT molecular complexity index is 729. The summed E-state index contributed by atoms with van der Waals surface area (Å²) in [6.07, 6.45) is 0.346. The first kappa shape index (κ1) is 17.1. The number of nitro benzene ring substituents is 1. The molecule has 2 aromatic carbocycles.